The second kappa shape index (κ2) is 9.53. The zero-order chi connectivity index (χ0) is 26.1. The monoisotopic (exact) mass is 520 g/mol. The molecule has 2 aromatic carbocycles. The summed E-state index contributed by atoms with van der Waals surface area (Å²) in [5.41, 5.74) is -4.65. The summed E-state index contributed by atoms with van der Waals surface area (Å²) in [6.07, 6.45) is 1.53. The fourth-order valence-electron chi connectivity index (χ4n) is 3.64. The zero-order valence-electron chi connectivity index (χ0n) is 18.9. The average Bonchev–Trinajstić information content (AvgIpc) is 3.21. The third-order valence-electron chi connectivity index (χ3n) is 5.28. The highest BCUT2D eigenvalue weighted by molar-refractivity contribution is 7.88. The zero-order valence-corrected chi connectivity index (χ0v) is 19.8. The number of carbonyl (C=O) groups excluding carboxylic acids is 1. The molecular formula is C24H19F3N2O6S. The normalized spacial score (nSPS) is 11.9. The molecule has 0 unspecified atom stereocenters. The number of aromatic nitrogens is 2. The minimum Gasteiger partial charge on any atom is -0.496 e. The van der Waals surface area contributed by atoms with Crippen molar-refractivity contribution >= 4 is 26.8 Å². The molecule has 0 saturated heterocycles. The van der Waals surface area contributed by atoms with E-state index in [9.17, 15) is 26.4 Å². The highest BCUT2D eigenvalue weighted by Gasteiger charge is 2.49. The molecule has 0 amide bonds. The Hall–Kier alpha value is -4.06. The van der Waals surface area contributed by atoms with Crippen LogP contribution in [-0.4, -0.2) is 43.5 Å². The molecule has 4 aromatic rings. The summed E-state index contributed by atoms with van der Waals surface area (Å²) < 4.78 is 78.9. The first kappa shape index (κ1) is 25.0. The number of pyridine rings is 1. The van der Waals surface area contributed by atoms with Crippen LogP contribution in [0.25, 0.3) is 10.9 Å². The molecule has 0 fully saturated rings. The Bertz CT molecular complexity index is 1530. The van der Waals surface area contributed by atoms with E-state index in [0.29, 0.717) is 17.4 Å². The number of para-hydroxylation sites is 1. The fourth-order valence-corrected chi connectivity index (χ4v) is 4.06. The molecular weight excluding hydrogens is 501 g/mol. The molecule has 8 nitrogen and oxygen atoms in total. The molecule has 0 saturated carbocycles. The van der Waals surface area contributed by atoms with E-state index in [4.69, 9.17) is 9.47 Å². The van der Waals surface area contributed by atoms with E-state index < -0.39 is 32.9 Å². The topological polar surface area (TPSA) is 96.7 Å². The molecule has 0 bridgehead atoms. The first-order valence-electron chi connectivity index (χ1n) is 10.4. The number of fused-ring (bicyclic) bond motifs is 1. The van der Waals surface area contributed by atoms with Gasteiger partial charge >= 0.3 is 15.6 Å². The minimum atomic E-state index is -6.15. The van der Waals surface area contributed by atoms with Crippen LogP contribution in [-0.2, 0) is 16.7 Å². The van der Waals surface area contributed by atoms with Gasteiger partial charge in [0.25, 0.3) is 5.88 Å². The molecule has 0 N–H and O–H groups in total. The summed E-state index contributed by atoms with van der Waals surface area (Å²) in [7, 11) is -3.83. The average molecular weight is 520 g/mol. The van der Waals surface area contributed by atoms with Gasteiger partial charge in [-0.25, -0.2) is 0 Å². The minimum absolute atomic E-state index is 0.0843. The van der Waals surface area contributed by atoms with Crippen LogP contribution in [0.4, 0.5) is 13.2 Å². The quantitative estimate of drug-likeness (QED) is 0.191. The van der Waals surface area contributed by atoms with E-state index in [1.54, 1.807) is 28.8 Å². The summed E-state index contributed by atoms with van der Waals surface area (Å²) in [6.45, 7) is 0.401. The second-order valence-corrected chi connectivity index (χ2v) is 9.07. The number of hydrogen-bond donors (Lipinski definition) is 0. The number of ether oxygens (including phenoxy) is 2. The molecule has 0 aliphatic rings. The molecule has 0 aliphatic heterocycles. The number of methoxy groups -OCH3 is 2. The number of rotatable bonds is 8. The predicted molar refractivity (Wildman–Crippen MR) is 124 cm³/mol. The SMILES string of the molecule is COc1cc(OC)c(C(=O)c2cn(Cc3ccccc3)c3ccccc23)c(OS(=O)(=O)C(F)(F)F)n1. The van der Waals surface area contributed by atoms with Crippen molar-refractivity contribution < 1.29 is 40.0 Å². The number of alkyl halides is 3. The van der Waals surface area contributed by atoms with Crippen LogP contribution < -0.4 is 13.7 Å². The van der Waals surface area contributed by atoms with Crippen LogP contribution in [0.1, 0.15) is 21.5 Å². The van der Waals surface area contributed by atoms with Crippen LogP contribution in [0, 0.1) is 0 Å². The van der Waals surface area contributed by atoms with Gasteiger partial charge in [-0.3, -0.25) is 4.79 Å². The molecule has 0 atom stereocenters. The lowest BCUT2D eigenvalue weighted by Crippen LogP contribution is -2.29. The van der Waals surface area contributed by atoms with Crippen LogP contribution in [0.3, 0.4) is 0 Å². The van der Waals surface area contributed by atoms with Crippen molar-refractivity contribution in [1.29, 1.82) is 0 Å². The Kier molecular flexibility index (Phi) is 6.63. The number of ketones is 1. The fraction of sp³-hybridized carbons (Fsp3) is 0.167. The summed E-state index contributed by atoms with van der Waals surface area (Å²) in [5.74, 6) is -2.56. The molecule has 188 valence electrons. The molecule has 2 aromatic heterocycles. The van der Waals surface area contributed by atoms with Gasteiger partial charge in [0.2, 0.25) is 11.7 Å². The van der Waals surface area contributed by atoms with Crippen LogP contribution >= 0.6 is 0 Å². The molecule has 0 radical (unpaired) electrons. The maximum absolute atomic E-state index is 13.7. The van der Waals surface area contributed by atoms with Crippen LogP contribution in [0.5, 0.6) is 17.5 Å². The molecule has 2 heterocycles. The van der Waals surface area contributed by atoms with Crippen molar-refractivity contribution in [2.24, 2.45) is 0 Å². The number of carbonyl (C=O) groups is 1. The van der Waals surface area contributed by atoms with Crippen molar-refractivity contribution in [3.8, 4) is 17.5 Å². The lowest BCUT2D eigenvalue weighted by molar-refractivity contribution is -0.0501. The van der Waals surface area contributed by atoms with Gasteiger partial charge in [0.15, 0.2) is 0 Å². The first-order valence-corrected chi connectivity index (χ1v) is 11.8. The molecule has 4 rings (SSSR count). The highest BCUT2D eigenvalue weighted by Crippen LogP contribution is 2.37. The smallest absolute Gasteiger partial charge is 0.496 e. The third kappa shape index (κ3) is 4.71. The third-order valence-corrected chi connectivity index (χ3v) is 6.23. The Morgan fingerprint density at radius 2 is 1.67 bits per heavy atom. The molecule has 0 aliphatic carbocycles. The number of halogens is 3. The van der Waals surface area contributed by atoms with Gasteiger partial charge < -0.3 is 18.2 Å². The number of benzene rings is 2. The Balaban J connectivity index is 1.89. The highest BCUT2D eigenvalue weighted by atomic mass is 32.2. The van der Waals surface area contributed by atoms with Crippen molar-refractivity contribution in [1.82, 2.24) is 9.55 Å². The number of nitrogens with zero attached hydrogens (tertiary/aromatic N) is 2. The van der Waals surface area contributed by atoms with Gasteiger partial charge in [0, 0.05) is 35.3 Å². The van der Waals surface area contributed by atoms with Crippen molar-refractivity contribution in [3.63, 3.8) is 0 Å². The summed E-state index contributed by atoms with van der Waals surface area (Å²) >= 11 is 0. The van der Waals surface area contributed by atoms with E-state index >= 15 is 0 Å². The van der Waals surface area contributed by atoms with Crippen molar-refractivity contribution in [2.45, 2.75) is 12.1 Å². The lowest BCUT2D eigenvalue weighted by Gasteiger charge is -2.15. The van der Waals surface area contributed by atoms with Gasteiger partial charge in [-0.2, -0.15) is 26.6 Å². The standard InChI is InChI=1S/C24H19F3N2O6S/c1-33-19-12-20(34-2)28-23(35-36(31,32)24(25,26)27)21(19)22(30)17-14-29(13-15-8-4-3-5-9-15)18-11-7-6-10-16(17)18/h3-12,14H,13H2,1-2H3. The van der Waals surface area contributed by atoms with Crippen molar-refractivity contribution in [3.05, 3.63) is 83.6 Å². The number of hydrogen-bond acceptors (Lipinski definition) is 7. The Morgan fingerprint density at radius 1 is 1.00 bits per heavy atom. The van der Waals surface area contributed by atoms with E-state index in [1.165, 1.54) is 6.20 Å². The van der Waals surface area contributed by atoms with Gasteiger partial charge in [0.1, 0.15) is 11.3 Å². The van der Waals surface area contributed by atoms with Gasteiger partial charge in [-0.15, -0.1) is 0 Å². The van der Waals surface area contributed by atoms with Crippen LogP contribution in [0.15, 0.2) is 66.9 Å². The second-order valence-electron chi connectivity index (χ2n) is 7.53. The van der Waals surface area contributed by atoms with Gasteiger partial charge in [-0.1, -0.05) is 48.5 Å². The largest absolute Gasteiger partial charge is 0.534 e. The van der Waals surface area contributed by atoms with E-state index in [0.717, 1.165) is 25.8 Å². The Morgan fingerprint density at radius 3 is 2.31 bits per heavy atom. The maximum Gasteiger partial charge on any atom is 0.534 e. The molecule has 12 heteroatoms. The predicted octanol–water partition coefficient (Wildman–Crippen LogP) is 4.56. The summed E-state index contributed by atoms with van der Waals surface area (Å²) in [4.78, 5) is 17.4. The maximum atomic E-state index is 13.7. The van der Waals surface area contributed by atoms with Crippen LogP contribution in [0.2, 0.25) is 0 Å². The Labute approximate surface area is 204 Å². The summed E-state index contributed by atoms with van der Waals surface area (Å²) in [5, 5.41) is 0.487. The van der Waals surface area contributed by atoms with Gasteiger partial charge in [0.05, 0.1) is 14.2 Å². The van der Waals surface area contributed by atoms with Crippen molar-refractivity contribution in [2.75, 3.05) is 14.2 Å². The lowest BCUT2D eigenvalue weighted by atomic mass is 10.0. The summed E-state index contributed by atoms with van der Waals surface area (Å²) in [6, 6.07) is 17.5. The first-order chi connectivity index (χ1) is 17.1. The van der Waals surface area contributed by atoms with E-state index in [2.05, 4.69) is 9.17 Å². The van der Waals surface area contributed by atoms with E-state index in [1.807, 2.05) is 30.3 Å². The molecule has 36 heavy (non-hydrogen) atoms. The van der Waals surface area contributed by atoms with Gasteiger partial charge in [-0.05, 0) is 11.6 Å². The molecule has 0 spiro atoms. The van der Waals surface area contributed by atoms with E-state index in [-0.39, 0.29) is 17.2 Å².